The summed E-state index contributed by atoms with van der Waals surface area (Å²) in [5.41, 5.74) is 1.92. The summed E-state index contributed by atoms with van der Waals surface area (Å²) in [6.45, 7) is 10.6. The van der Waals surface area contributed by atoms with Crippen LogP contribution in [-0.2, 0) is 19.1 Å². The maximum absolute atomic E-state index is 11.6. The normalized spacial score (nSPS) is 41.0. The quantitative estimate of drug-likeness (QED) is 0.499. The van der Waals surface area contributed by atoms with E-state index in [4.69, 9.17) is 9.47 Å². The van der Waals surface area contributed by atoms with Crippen molar-refractivity contribution in [3.05, 3.63) is 12.2 Å². The number of ether oxygens (including phenoxy) is 2. The lowest BCUT2D eigenvalue weighted by Gasteiger charge is -2.64. The highest BCUT2D eigenvalue weighted by molar-refractivity contribution is 5.66. The number of carbonyl (C=O) groups is 2. The second kappa shape index (κ2) is 6.88. The van der Waals surface area contributed by atoms with Crippen LogP contribution in [0.3, 0.4) is 0 Å². The first-order valence-electron chi connectivity index (χ1n) is 11.2. The minimum atomic E-state index is -0.241. The number of carbonyl (C=O) groups excluding carboxylic acids is 2. The second-order valence-corrected chi connectivity index (χ2v) is 10.6. The minimum Gasteiger partial charge on any atom is -0.465 e. The molecule has 4 aliphatic carbocycles. The van der Waals surface area contributed by atoms with Crippen molar-refractivity contribution >= 4 is 11.9 Å². The summed E-state index contributed by atoms with van der Waals surface area (Å²) in [5.74, 6) is 1.41. The van der Waals surface area contributed by atoms with E-state index in [9.17, 15) is 9.59 Å². The number of hydrogen-bond acceptors (Lipinski definition) is 4. The minimum absolute atomic E-state index is 0.229. The van der Waals surface area contributed by atoms with Crippen molar-refractivity contribution in [2.75, 3.05) is 13.2 Å². The first-order chi connectivity index (χ1) is 13.2. The molecule has 1 spiro atoms. The third-order valence-corrected chi connectivity index (χ3v) is 9.13. The zero-order valence-corrected chi connectivity index (χ0v) is 17.9. The van der Waals surface area contributed by atoms with Gasteiger partial charge in [-0.3, -0.25) is 9.59 Å². The first kappa shape index (κ1) is 20.0. The Hall–Kier alpha value is -1.32. The predicted molar refractivity (Wildman–Crippen MR) is 107 cm³/mol. The van der Waals surface area contributed by atoms with Gasteiger partial charge < -0.3 is 9.47 Å². The molecule has 4 heteroatoms. The topological polar surface area (TPSA) is 52.6 Å². The average molecular weight is 389 g/mol. The molecule has 0 aromatic carbocycles. The molecular formula is C24H36O4. The summed E-state index contributed by atoms with van der Waals surface area (Å²) in [4.78, 5) is 23.3. The molecule has 0 amide bonds. The monoisotopic (exact) mass is 388 g/mol. The van der Waals surface area contributed by atoms with Gasteiger partial charge in [-0.15, -0.1) is 0 Å². The van der Waals surface area contributed by atoms with Gasteiger partial charge in [0.1, 0.15) is 13.2 Å². The van der Waals surface area contributed by atoms with Gasteiger partial charge in [0.05, 0.1) is 0 Å². The molecule has 0 aliphatic heterocycles. The summed E-state index contributed by atoms with van der Waals surface area (Å²) < 4.78 is 11.2. The van der Waals surface area contributed by atoms with E-state index in [1.165, 1.54) is 57.9 Å². The number of allylic oxidation sites excluding steroid dienone is 1. The zero-order chi connectivity index (χ0) is 20.2. The molecule has 0 unspecified atom stereocenters. The molecule has 4 aliphatic rings. The highest BCUT2D eigenvalue weighted by Crippen LogP contribution is 2.72. The van der Waals surface area contributed by atoms with Crippen LogP contribution in [0.1, 0.15) is 78.6 Å². The molecule has 0 saturated heterocycles. The van der Waals surface area contributed by atoms with E-state index in [1.807, 2.05) is 0 Å². The number of esters is 2. The van der Waals surface area contributed by atoms with Gasteiger partial charge in [0.25, 0.3) is 0 Å². The van der Waals surface area contributed by atoms with Crippen molar-refractivity contribution in [3.8, 4) is 0 Å². The van der Waals surface area contributed by atoms with Gasteiger partial charge in [-0.05, 0) is 80.0 Å². The molecule has 28 heavy (non-hydrogen) atoms. The lowest BCUT2D eigenvalue weighted by molar-refractivity contribution is -0.192. The van der Waals surface area contributed by atoms with Gasteiger partial charge in [0.2, 0.25) is 0 Å². The van der Waals surface area contributed by atoms with E-state index in [0.717, 1.165) is 25.2 Å². The van der Waals surface area contributed by atoms with E-state index in [2.05, 4.69) is 13.5 Å². The molecule has 0 aromatic heterocycles. The molecule has 0 aromatic rings. The van der Waals surface area contributed by atoms with E-state index in [1.54, 1.807) is 0 Å². The Labute approximate surface area is 169 Å². The molecule has 4 fully saturated rings. The van der Waals surface area contributed by atoms with Crippen LogP contribution in [0, 0.1) is 34.0 Å². The van der Waals surface area contributed by atoms with E-state index in [0.29, 0.717) is 30.5 Å². The molecular weight excluding hydrogens is 352 g/mol. The zero-order valence-electron chi connectivity index (χ0n) is 17.9. The molecule has 156 valence electrons. The molecule has 0 heterocycles. The van der Waals surface area contributed by atoms with Crippen molar-refractivity contribution < 1.29 is 19.1 Å². The lowest BCUT2D eigenvalue weighted by atomic mass is 9.41. The highest BCUT2D eigenvalue weighted by Gasteiger charge is 2.64. The van der Waals surface area contributed by atoms with Crippen LogP contribution in [0.2, 0.25) is 0 Å². The Morgan fingerprint density at radius 1 is 1.00 bits per heavy atom. The maximum atomic E-state index is 11.6. The Morgan fingerprint density at radius 3 is 2.32 bits per heavy atom. The molecule has 4 nitrogen and oxygen atoms in total. The van der Waals surface area contributed by atoms with Crippen LogP contribution in [0.4, 0.5) is 0 Å². The highest BCUT2D eigenvalue weighted by atomic mass is 16.5. The van der Waals surface area contributed by atoms with Crippen molar-refractivity contribution in [1.82, 2.24) is 0 Å². The molecule has 0 radical (unpaired) electrons. The van der Waals surface area contributed by atoms with Gasteiger partial charge in [-0.2, -0.15) is 0 Å². The lowest BCUT2D eigenvalue weighted by Crippen LogP contribution is -2.59. The van der Waals surface area contributed by atoms with Gasteiger partial charge >= 0.3 is 11.9 Å². The Morgan fingerprint density at radius 2 is 1.68 bits per heavy atom. The number of hydrogen-bond donors (Lipinski definition) is 0. The van der Waals surface area contributed by atoms with Crippen LogP contribution < -0.4 is 0 Å². The Kier molecular flexibility index (Phi) is 4.91. The third-order valence-electron chi connectivity index (χ3n) is 9.13. The van der Waals surface area contributed by atoms with Crippen LogP contribution >= 0.6 is 0 Å². The van der Waals surface area contributed by atoms with Crippen molar-refractivity contribution in [3.63, 3.8) is 0 Å². The van der Waals surface area contributed by atoms with Gasteiger partial charge in [0.15, 0.2) is 0 Å². The molecule has 4 saturated carbocycles. The van der Waals surface area contributed by atoms with Crippen molar-refractivity contribution in [1.29, 1.82) is 0 Å². The largest absolute Gasteiger partial charge is 0.465 e. The summed E-state index contributed by atoms with van der Waals surface area (Å²) in [5, 5.41) is 0. The van der Waals surface area contributed by atoms with Crippen molar-refractivity contribution in [2.24, 2.45) is 34.0 Å². The van der Waals surface area contributed by atoms with E-state index in [-0.39, 0.29) is 22.8 Å². The van der Waals surface area contributed by atoms with Crippen LogP contribution in [0.15, 0.2) is 12.2 Å². The standard InChI is InChI=1S/C24H36O4/c1-16-12-23-11-8-21-22(4,20(23)7-6-19(16)13-23)9-5-10-24(21,14-27-17(2)25)15-28-18(3)26/h19-21H,1,5-15H2,2-4H3/t19-,20-,21-,22-,23+/m0/s1. The maximum Gasteiger partial charge on any atom is 0.302 e. The number of rotatable bonds is 4. The average Bonchev–Trinajstić information content (AvgIpc) is 2.86. The van der Waals surface area contributed by atoms with Gasteiger partial charge in [-0.1, -0.05) is 25.5 Å². The van der Waals surface area contributed by atoms with Gasteiger partial charge in [-0.25, -0.2) is 0 Å². The van der Waals surface area contributed by atoms with Crippen LogP contribution in [0.25, 0.3) is 0 Å². The number of fused-ring (bicyclic) bond motifs is 3. The first-order valence-corrected chi connectivity index (χ1v) is 11.2. The van der Waals surface area contributed by atoms with Crippen LogP contribution in [-0.4, -0.2) is 25.2 Å². The van der Waals surface area contributed by atoms with Crippen LogP contribution in [0.5, 0.6) is 0 Å². The second-order valence-electron chi connectivity index (χ2n) is 10.6. The van der Waals surface area contributed by atoms with E-state index < -0.39 is 0 Å². The SMILES string of the molecule is C=C1C[C@@]23CC[C@@H]4C(COC(C)=O)(COC(C)=O)CCC[C@@]4(C)[C@@H]2CC[C@H]1C3. The Balaban J connectivity index is 1.67. The third kappa shape index (κ3) is 3.02. The fourth-order valence-electron chi connectivity index (χ4n) is 8.18. The molecule has 5 atom stereocenters. The summed E-state index contributed by atoms with van der Waals surface area (Å²) in [6, 6.07) is 0. The summed E-state index contributed by atoms with van der Waals surface area (Å²) in [7, 11) is 0. The fraction of sp³-hybridized carbons (Fsp3) is 0.833. The molecule has 4 rings (SSSR count). The summed E-state index contributed by atoms with van der Waals surface area (Å²) in [6.07, 6.45) is 10.9. The molecule has 2 bridgehead atoms. The van der Waals surface area contributed by atoms with Gasteiger partial charge in [0, 0.05) is 19.3 Å². The summed E-state index contributed by atoms with van der Waals surface area (Å²) >= 11 is 0. The van der Waals surface area contributed by atoms with E-state index >= 15 is 0 Å². The Bertz CT molecular complexity index is 664. The smallest absolute Gasteiger partial charge is 0.302 e. The molecule has 0 N–H and O–H groups in total. The van der Waals surface area contributed by atoms with Crippen molar-refractivity contribution in [2.45, 2.75) is 78.6 Å². The predicted octanol–water partition coefficient (Wildman–Crippen LogP) is 5.06. The fourth-order valence-corrected chi connectivity index (χ4v) is 8.18.